The highest BCUT2D eigenvalue weighted by Crippen LogP contribution is 2.66. The van der Waals surface area contributed by atoms with Gasteiger partial charge in [0, 0.05) is 24.8 Å². The van der Waals surface area contributed by atoms with Crippen molar-refractivity contribution in [1.29, 1.82) is 0 Å². The number of carbonyl (C=O) groups excluding carboxylic acids is 4. The number of hydrogen-bond acceptors (Lipinski definition) is 11. The van der Waals surface area contributed by atoms with Crippen LogP contribution in [-0.4, -0.2) is 87.1 Å². The molecule has 6 atom stereocenters. The van der Waals surface area contributed by atoms with Crippen LogP contribution in [0.25, 0.3) is 0 Å². The van der Waals surface area contributed by atoms with Crippen LogP contribution in [0.3, 0.4) is 0 Å². The molecule has 3 heterocycles. The molecule has 8 rings (SSSR count). The minimum absolute atomic E-state index is 0.00822. The zero-order chi connectivity index (χ0) is 44.8. The molecule has 0 aromatic heterocycles. The Morgan fingerprint density at radius 3 is 2.17 bits per heavy atom. The number of nitrogens with one attached hydrogen (secondary N) is 1. The molecular formula is C51H47N3O10. The van der Waals surface area contributed by atoms with Crippen LogP contribution in [0.4, 0.5) is 10.5 Å². The molecule has 0 radical (unpaired) electrons. The Bertz CT molecular complexity index is 2590. The molecule has 13 nitrogen and oxygen atoms in total. The molecule has 3 amide bonds. The summed E-state index contributed by atoms with van der Waals surface area (Å²) in [6.45, 7) is 3.43. The molecule has 0 unspecified atom stereocenters. The highest BCUT2D eigenvalue weighted by atomic mass is 16.6. The van der Waals surface area contributed by atoms with Gasteiger partial charge in [0.25, 0.3) is 0 Å². The molecule has 13 heteroatoms. The monoisotopic (exact) mass is 861 g/mol. The van der Waals surface area contributed by atoms with Crippen LogP contribution in [0.1, 0.15) is 51.6 Å². The molecule has 0 saturated carbocycles. The van der Waals surface area contributed by atoms with Gasteiger partial charge < -0.3 is 34.1 Å². The second-order valence-electron chi connectivity index (χ2n) is 15.4. The van der Waals surface area contributed by atoms with E-state index in [9.17, 15) is 9.90 Å². The van der Waals surface area contributed by atoms with E-state index in [1.807, 2.05) is 77.7 Å². The summed E-state index contributed by atoms with van der Waals surface area (Å²) in [5, 5.41) is 12.6. The van der Waals surface area contributed by atoms with Gasteiger partial charge in [-0.1, -0.05) is 90.7 Å². The van der Waals surface area contributed by atoms with Crippen molar-refractivity contribution in [3.63, 3.8) is 0 Å². The summed E-state index contributed by atoms with van der Waals surface area (Å²) >= 11 is 0. The third kappa shape index (κ3) is 7.88. The summed E-state index contributed by atoms with van der Waals surface area (Å²) in [5.41, 5.74) is 1.48. The number of nitrogens with zero attached hydrogens (tertiary/aromatic N) is 2. The van der Waals surface area contributed by atoms with E-state index in [-0.39, 0.29) is 44.2 Å². The van der Waals surface area contributed by atoms with Crippen molar-refractivity contribution in [1.82, 2.24) is 10.2 Å². The highest BCUT2D eigenvalue weighted by molar-refractivity contribution is 6.23. The van der Waals surface area contributed by atoms with Crippen molar-refractivity contribution in [2.45, 2.75) is 29.6 Å². The fraction of sp³-hybridized carbons (Fsp3) is 0.255. The summed E-state index contributed by atoms with van der Waals surface area (Å²) in [7, 11) is 3.04. The summed E-state index contributed by atoms with van der Waals surface area (Å²) < 4.78 is 28.6. The van der Waals surface area contributed by atoms with Crippen molar-refractivity contribution < 1.29 is 48.0 Å². The largest absolute Gasteiger partial charge is 0.497 e. The third-order valence-corrected chi connectivity index (χ3v) is 11.8. The normalized spacial score (nSPS) is 22.1. The lowest BCUT2D eigenvalue weighted by Crippen LogP contribution is -2.55. The van der Waals surface area contributed by atoms with Crippen LogP contribution < -0.4 is 19.7 Å². The van der Waals surface area contributed by atoms with E-state index in [1.54, 1.807) is 61.7 Å². The first kappa shape index (κ1) is 43.4. The van der Waals surface area contributed by atoms with Gasteiger partial charge in [-0.2, -0.15) is 0 Å². The molecule has 64 heavy (non-hydrogen) atoms. The number of benzene rings is 5. The maximum atomic E-state index is 16.2. The number of cyclic esters (lactones) is 1. The van der Waals surface area contributed by atoms with Crippen LogP contribution in [0.5, 0.6) is 11.5 Å². The Hall–Kier alpha value is -7.24. The van der Waals surface area contributed by atoms with Gasteiger partial charge in [-0.3, -0.25) is 19.3 Å². The van der Waals surface area contributed by atoms with Crippen molar-refractivity contribution in [3.8, 4) is 23.3 Å². The zero-order valence-electron chi connectivity index (χ0n) is 35.3. The molecule has 3 aliphatic heterocycles. The van der Waals surface area contributed by atoms with Gasteiger partial charge in [0.15, 0.2) is 0 Å². The van der Waals surface area contributed by atoms with Gasteiger partial charge in [0.2, 0.25) is 11.8 Å². The van der Waals surface area contributed by atoms with E-state index in [0.29, 0.717) is 33.8 Å². The average molecular weight is 862 g/mol. The molecule has 326 valence electrons. The number of rotatable bonds is 13. The lowest BCUT2D eigenvalue weighted by Gasteiger charge is -2.46. The number of fused-ring (bicyclic) bond motifs is 3. The van der Waals surface area contributed by atoms with Gasteiger partial charge in [-0.05, 0) is 76.9 Å². The third-order valence-electron chi connectivity index (χ3n) is 11.8. The Morgan fingerprint density at radius 2 is 1.48 bits per heavy atom. The van der Waals surface area contributed by atoms with Crippen LogP contribution >= 0.6 is 0 Å². The van der Waals surface area contributed by atoms with Crippen LogP contribution in [0, 0.1) is 17.8 Å². The molecule has 1 spiro atoms. The van der Waals surface area contributed by atoms with Crippen LogP contribution in [0.2, 0.25) is 0 Å². The van der Waals surface area contributed by atoms with Gasteiger partial charge in [0.05, 0.1) is 44.0 Å². The number of aliphatic hydroxyl groups excluding tert-OH is 1. The van der Waals surface area contributed by atoms with Crippen molar-refractivity contribution in [2.24, 2.45) is 5.92 Å². The van der Waals surface area contributed by atoms with E-state index in [2.05, 4.69) is 23.7 Å². The number of methoxy groups -OCH3 is 2. The molecule has 0 bridgehead atoms. The van der Waals surface area contributed by atoms with E-state index in [0.717, 1.165) is 10.5 Å². The minimum Gasteiger partial charge on any atom is -0.497 e. The van der Waals surface area contributed by atoms with E-state index in [4.69, 9.17) is 23.7 Å². The van der Waals surface area contributed by atoms with Gasteiger partial charge in [-0.25, -0.2) is 9.69 Å². The molecule has 5 aromatic rings. The standard InChI is InChI=1S/C51H47N3O10/c1-4-26-52-47(56)42-44-48(57)64-45(36-14-9-6-10-15-36)43(35-12-7-5-8-13-35)54(44)46(37-16-11-17-39(32-37)62-28-27-55)51(42)40-31-34(19-18-33-20-23-38(61-3)24-21-33)22-25-41(40)53(49(51)58)50(59)63-30-29-60-2/h4-17,20-25,31-32,42-46,55H,1,26-30H2,2-3H3,(H,52,56)/t42-,43-,44-,45+,46+,51-/m0/s1. The summed E-state index contributed by atoms with van der Waals surface area (Å²) in [6, 6.07) is 34.7. The van der Waals surface area contributed by atoms with Crippen molar-refractivity contribution >= 4 is 29.6 Å². The predicted octanol–water partition coefficient (Wildman–Crippen LogP) is 6.22. The van der Waals surface area contributed by atoms with Crippen molar-refractivity contribution in [2.75, 3.05) is 52.1 Å². The number of esters is 1. The number of carbonyl (C=O) groups is 4. The van der Waals surface area contributed by atoms with Crippen LogP contribution in [-0.2, 0) is 34.0 Å². The number of morpholine rings is 1. The van der Waals surface area contributed by atoms with Crippen LogP contribution in [0.15, 0.2) is 140 Å². The lowest BCUT2D eigenvalue weighted by atomic mass is 9.65. The van der Waals surface area contributed by atoms with E-state index >= 15 is 14.4 Å². The molecule has 0 aliphatic carbocycles. The first-order chi connectivity index (χ1) is 31.3. The van der Waals surface area contributed by atoms with E-state index < -0.39 is 59.4 Å². The average Bonchev–Trinajstić information content (AvgIpc) is 3.79. The number of amides is 3. The summed E-state index contributed by atoms with van der Waals surface area (Å²) in [6.07, 6.45) is -0.399. The minimum atomic E-state index is -2.03. The molecule has 5 aromatic carbocycles. The first-order valence-corrected chi connectivity index (χ1v) is 20.9. The second-order valence-corrected chi connectivity index (χ2v) is 15.4. The predicted molar refractivity (Wildman–Crippen MR) is 236 cm³/mol. The maximum Gasteiger partial charge on any atom is 0.421 e. The zero-order valence-corrected chi connectivity index (χ0v) is 35.3. The molecule has 2 N–H and O–H groups in total. The Balaban J connectivity index is 1.45. The Morgan fingerprint density at radius 1 is 0.797 bits per heavy atom. The highest BCUT2D eigenvalue weighted by Gasteiger charge is 2.75. The van der Waals surface area contributed by atoms with Gasteiger partial charge in [-0.15, -0.1) is 6.58 Å². The Labute approximate surface area is 371 Å². The number of imide groups is 1. The smallest absolute Gasteiger partial charge is 0.421 e. The van der Waals surface area contributed by atoms with Crippen molar-refractivity contribution in [3.05, 3.63) is 173 Å². The quantitative estimate of drug-likeness (QED) is 0.0601. The topological polar surface area (TPSA) is 153 Å². The van der Waals surface area contributed by atoms with E-state index in [1.165, 1.54) is 13.2 Å². The fourth-order valence-electron chi connectivity index (χ4n) is 9.28. The van der Waals surface area contributed by atoms with Gasteiger partial charge >= 0.3 is 12.1 Å². The second kappa shape index (κ2) is 19.0. The molecule has 3 aliphatic rings. The Kier molecular flexibility index (Phi) is 12.9. The fourth-order valence-corrected chi connectivity index (χ4v) is 9.28. The molecule has 2 fully saturated rings. The SMILES string of the molecule is C=CCNC(=O)[C@@H]1[C@H]2C(=O)O[C@H](c3ccccc3)[C@H](c3ccccc3)N2[C@H](c2cccc(OCCO)c2)[C@@]12C(=O)N(C(=O)OCCOC)c1ccc(C#Cc3ccc(OC)cc3)cc12. The molecule has 2 saturated heterocycles. The number of hydrogen-bond donors (Lipinski definition) is 2. The van der Waals surface area contributed by atoms with Gasteiger partial charge in [0.1, 0.15) is 42.3 Å². The number of anilines is 1. The summed E-state index contributed by atoms with van der Waals surface area (Å²) in [4.78, 5) is 63.8. The molecular weight excluding hydrogens is 815 g/mol. The first-order valence-electron chi connectivity index (χ1n) is 20.9. The lowest BCUT2D eigenvalue weighted by molar-refractivity contribution is -0.178. The maximum absolute atomic E-state index is 16.2. The number of ether oxygens (including phenoxy) is 5. The summed E-state index contributed by atoms with van der Waals surface area (Å²) in [5.74, 6) is 3.75. The number of aliphatic hydroxyl groups is 1.